The molecule has 0 fully saturated rings. The fourth-order valence-electron chi connectivity index (χ4n) is 3.01. The van der Waals surface area contributed by atoms with Crippen molar-refractivity contribution in [3.63, 3.8) is 0 Å². The molecule has 0 radical (unpaired) electrons. The third kappa shape index (κ3) is 3.72. The van der Waals surface area contributed by atoms with Gasteiger partial charge < -0.3 is 9.84 Å². The molecule has 2 rings (SSSR count). The Balaban J connectivity index is 2.23. The third-order valence-corrected chi connectivity index (χ3v) is 3.99. The topological polar surface area (TPSA) is 29.5 Å². The molecule has 2 aromatic carbocycles. The predicted octanol–water partition coefficient (Wildman–Crippen LogP) is 3.90. The summed E-state index contributed by atoms with van der Waals surface area (Å²) in [5.74, 6) is 0. The molecule has 2 unspecified atom stereocenters. The van der Waals surface area contributed by atoms with Gasteiger partial charge in [0.2, 0.25) is 0 Å². The molecule has 0 aromatic heterocycles. The van der Waals surface area contributed by atoms with Crippen LogP contribution in [0.4, 0.5) is 0 Å². The average molecular weight is 284 g/mol. The van der Waals surface area contributed by atoms with E-state index in [-0.39, 0.29) is 6.10 Å². The van der Waals surface area contributed by atoms with Crippen LogP contribution in [-0.4, -0.2) is 18.3 Å². The number of methoxy groups -OCH3 is 1. The molecule has 2 heteroatoms. The highest BCUT2D eigenvalue weighted by atomic mass is 16.5. The minimum Gasteiger partial charge on any atom is -0.390 e. The van der Waals surface area contributed by atoms with E-state index >= 15 is 0 Å². The van der Waals surface area contributed by atoms with E-state index in [1.165, 1.54) is 22.3 Å². The largest absolute Gasteiger partial charge is 0.390 e. The molecule has 0 heterocycles. The molecule has 2 nitrogen and oxygen atoms in total. The van der Waals surface area contributed by atoms with Crippen LogP contribution >= 0.6 is 0 Å². The summed E-state index contributed by atoms with van der Waals surface area (Å²) in [6.07, 6.45) is -0.255. The molecule has 0 saturated heterocycles. The number of hydrogen-bond acceptors (Lipinski definition) is 2. The Morgan fingerprint density at radius 1 is 1.00 bits per heavy atom. The van der Waals surface area contributed by atoms with E-state index in [0.29, 0.717) is 6.42 Å². The van der Waals surface area contributed by atoms with Crippen LogP contribution in [0.3, 0.4) is 0 Å². The minimum atomic E-state index is -0.558. The van der Waals surface area contributed by atoms with E-state index < -0.39 is 6.10 Å². The van der Waals surface area contributed by atoms with Crippen molar-refractivity contribution in [1.29, 1.82) is 0 Å². The summed E-state index contributed by atoms with van der Waals surface area (Å²) in [6, 6.07) is 14.2. The second kappa shape index (κ2) is 6.88. The van der Waals surface area contributed by atoms with E-state index in [0.717, 1.165) is 5.56 Å². The van der Waals surface area contributed by atoms with Crippen LogP contribution in [0.25, 0.3) is 0 Å². The van der Waals surface area contributed by atoms with E-state index in [2.05, 4.69) is 32.9 Å². The second-order valence-electron chi connectivity index (χ2n) is 5.72. The van der Waals surface area contributed by atoms with Crippen molar-refractivity contribution in [1.82, 2.24) is 0 Å². The van der Waals surface area contributed by atoms with Crippen molar-refractivity contribution in [2.45, 2.75) is 39.4 Å². The summed E-state index contributed by atoms with van der Waals surface area (Å²) in [4.78, 5) is 0. The Kier molecular flexibility index (Phi) is 5.16. The molecule has 0 bridgehead atoms. The molecule has 0 aliphatic heterocycles. The standard InChI is InChI=1S/C19H24O2/c1-13-10-14(2)17(15(3)11-13)12-18(20)19(21-4)16-8-6-5-7-9-16/h5-11,18-20H,12H2,1-4H3. The van der Waals surface area contributed by atoms with Crippen molar-refractivity contribution in [3.05, 3.63) is 70.3 Å². The van der Waals surface area contributed by atoms with Crippen molar-refractivity contribution in [2.75, 3.05) is 7.11 Å². The van der Waals surface area contributed by atoms with Crippen LogP contribution in [0, 0.1) is 20.8 Å². The lowest BCUT2D eigenvalue weighted by atomic mass is 9.92. The minimum absolute atomic E-state index is 0.300. The number of hydrogen-bond donors (Lipinski definition) is 1. The van der Waals surface area contributed by atoms with Crippen LogP contribution in [0.1, 0.15) is 33.9 Å². The summed E-state index contributed by atoms with van der Waals surface area (Å²) in [7, 11) is 1.65. The predicted molar refractivity (Wildman–Crippen MR) is 86.6 cm³/mol. The van der Waals surface area contributed by atoms with Crippen LogP contribution < -0.4 is 0 Å². The van der Waals surface area contributed by atoms with Gasteiger partial charge in [-0.15, -0.1) is 0 Å². The summed E-state index contributed by atoms with van der Waals surface area (Å²) in [5.41, 5.74) is 5.94. The second-order valence-corrected chi connectivity index (χ2v) is 5.72. The van der Waals surface area contributed by atoms with Crippen molar-refractivity contribution < 1.29 is 9.84 Å². The lowest BCUT2D eigenvalue weighted by molar-refractivity contribution is -0.0129. The Bertz CT molecular complexity index is 567. The average Bonchev–Trinajstić information content (AvgIpc) is 2.45. The zero-order valence-electron chi connectivity index (χ0n) is 13.3. The van der Waals surface area contributed by atoms with Gasteiger partial charge in [0.25, 0.3) is 0 Å². The highest BCUT2D eigenvalue weighted by Crippen LogP contribution is 2.26. The van der Waals surface area contributed by atoms with E-state index in [4.69, 9.17) is 4.74 Å². The highest BCUT2D eigenvalue weighted by molar-refractivity contribution is 5.38. The first-order chi connectivity index (χ1) is 10.0. The van der Waals surface area contributed by atoms with Gasteiger partial charge in [-0.1, -0.05) is 48.0 Å². The van der Waals surface area contributed by atoms with Gasteiger partial charge in [0, 0.05) is 13.5 Å². The van der Waals surface area contributed by atoms with E-state index in [9.17, 15) is 5.11 Å². The fraction of sp³-hybridized carbons (Fsp3) is 0.368. The molecule has 2 atom stereocenters. The number of aryl methyl sites for hydroxylation is 3. The lowest BCUT2D eigenvalue weighted by Gasteiger charge is -2.23. The van der Waals surface area contributed by atoms with Gasteiger partial charge in [-0.25, -0.2) is 0 Å². The van der Waals surface area contributed by atoms with Crippen LogP contribution in [-0.2, 0) is 11.2 Å². The third-order valence-electron chi connectivity index (χ3n) is 3.99. The van der Waals surface area contributed by atoms with Gasteiger partial charge in [-0.05, 0) is 43.0 Å². The quantitative estimate of drug-likeness (QED) is 0.902. The molecule has 1 N–H and O–H groups in total. The molecular weight excluding hydrogens is 260 g/mol. The molecule has 0 saturated carbocycles. The van der Waals surface area contributed by atoms with Crippen molar-refractivity contribution in [2.24, 2.45) is 0 Å². The first-order valence-corrected chi connectivity index (χ1v) is 7.35. The van der Waals surface area contributed by atoms with Gasteiger partial charge >= 0.3 is 0 Å². The summed E-state index contributed by atoms with van der Waals surface area (Å²) >= 11 is 0. The van der Waals surface area contributed by atoms with Crippen LogP contribution in [0.15, 0.2) is 42.5 Å². The highest BCUT2D eigenvalue weighted by Gasteiger charge is 2.22. The van der Waals surface area contributed by atoms with Gasteiger partial charge in [-0.2, -0.15) is 0 Å². The normalized spacial score (nSPS) is 14.0. The number of ether oxygens (including phenoxy) is 1. The Morgan fingerprint density at radius 2 is 1.57 bits per heavy atom. The van der Waals surface area contributed by atoms with Crippen molar-refractivity contribution >= 4 is 0 Å². The smallest absolute Gasteiger partial charge is 0.108 e. The zero-order chi connectivity index (χ0) is 15.4. The molecular formula is C19H24O2. The van der Waals surface area contributed by atoms with Crippen LogP contribution in [0.2, 0.25) is 0 Å². The van der Waals surface area contributed by atoms with Crippen LogP contribution in [0.5, 0.6) is 0 Å². The molecule has 112 valence electrons. The molecule has 2 aromatic rings. The van der Waals surface area contributed by atoms with Gasteiger partial charge in [0.15, 0.2) is 0 Å². The summed E-state index contributed by atoms with van der Waals surface area (Å²) in [6.45, 7) is 6.31. The van der Waals surface area contributed by atoms with Gasteiger partial charge in [-0.3, -0.25) is 0 Å². The Morgan fingerprint density at radius 3 is 2.10 bits per heavy atom. The lowest BCUT2D eigenvalue weighted by Crippen LogP contribution is -2.23. The first kappa shape index (κ1) is 15.7. The van der Waals surface area contributed by atoms with E-state index in [1.807, 2.05) is 30.3 Å². The Hall–Kier alpha value is -1.64. The monoisotopic (exact) mass is 284 g/mol. The number of rotatable bonds is 5. The summed E-state index contributed by atoms with van der Waals surface area (Å²) < 4.78 is 5.52. The maximum Gasteiger partial charge on any atom is 0.108 e. The molecule has 21 heavy (non-hydrogen) atoms. The molecule has 0 amide bonds. The van der Waals surface area contributed by atoms with Gasteiger partial charge in [0.1, 0.15) is 6.10 Å². The molecule has 0 spiro atoms. The van der Waals surface area contributed by atoms with Crippen molar-refractivity contribution in [3.8, 4) is 0 Å². The Labute approximate surface area is 127 Å². The number of aliphatic hydroxyl groups excluding tert-OH is 1. The summed E-state index contributed by atoms with van der Waals surface area (Å²) in [5, 5.41) is 10.6. The maximum atomic E-state index is 10.6. The van der Waals surface area contributed by atoms with Gasteiger partial charge in [0.05, 0.1) is 6.10 Å². The molecule has 0 aliphatic rings. The SMILES string of the molecule is COC(c1ccccc1)C(O)Cc1c(C)cc(C)cc1C. The number of aliphatic hydroxyl groups is 1. The maximum absolute atomic E-state index is 10.6. The first-order valence-electron chi connectivity index (χ1n) is 7.35. The van der Waals surface area contributed by atoms with E-state index in [1.54, 1.807) is 7.11 Å². The molecule has 0 aliphatic carbocycles. The zero-order valence-corrected chi connectivity index (χ0v) is 13.3. The fourth-order valence-corrected chi connectivity index (χ4v) is 3.01. The number of benzene rings is 2.